The first-order valence-electron chi connectivity index (χ1n) is 11.7. The predicted octanol–water partition coefficient (Wildman–Crippen LogP) is 4.60. The van der Waals surface area contributed by atoms with Gasteiger partial charge in [0, 0.05) is 11.8 Å². The fourth-order valence-electron chi connectivity index (χ4n) is 3.68. The number of hydrogen-bond acceptors (Lipinski definition) is 8. The monoisotopic (exact) mass is 513 g/mol. The van der Waals surface area contributed by atoms with Gasteiger partial charge < -0.3 is 19.9 Å². The van der Waals surface area contributed by atoms with Crippen LogP contribution in [0.25, 0.3) is 16.7 Å². The summed E-state index contributed by atoms with van der Waals surface area (Å²) in [7, 11) is 1.24. The Kier molecular flexibility index (Phi) is 7.62. The van der Waals surface area contributed by atoms with E-state index in [1.54, 1.807) is 59.8 Å². The number of benzene rings is 1. The average molecular weight is 514 g/mol. The van der Waals surface area contributed by atoms with Crippen LogP contribution in [0.5, 0.6) is 0 Å². The lowest BCUT2D eigenvalue weighted by atomic mass is 10.00. The molecule has 198 valence electrons. The molecule has 1 aromatic carbocycles. The Balaban J connectivity index is 1.94. The smallest absolute Gasteiger partial charge is 0.411 e. The number of rotatable bonds is 4. The van der Waals surface area contributed by atoms with Crippen LogP contribution in [-0.4, -0.2) is 58.8 Å². The van der Waals surface area contributed by atoms with Gasteiger partial charge in [-0.1, -0.05) is 6.07 Å². The summed E-state index contributed by atoms with van der Waals surface area (Å²) in [5, 5.41) is 0. The molecule has 0 fully saturated rings. The topological polar surface area (TPSA) is 121 Å². The molecular weight excluding hydrogens is 481 g/mol. The summed E-state index contributed by atoms with van der Waals surface area (Å²) in [6.07, 6.45) is 2.43. The largest absolute Gasteiger partial charge is 0.467 e. The summed E-state index contributed by atoms with van der Waals surface area (Å²) in [4.78, 5) is 43.0. The Morgan fingerprint density at radius 1 is 1.03 bits per heavy atom. The van der Waals surface area contributed by atoms with Crippen molar-refractivity contribution < 1.29 is 33.0 Å². The lowest BCUT2D eigenvalue weighted by Crippen LogP contribution is -2.44. The molecule has 0 radical (unpaired) electrons. The third kappa shape index (κ3) is 6.63. The van der Waals surface area contributed by atoms with Crippen LogP contribution >= 0.6 is 0 Å². The number of amides is 1. The summed E-state index contributed by atoms with van der Waals surface area (Å²) in [5.41, 5.74) is 6.35. The van der Waals surface area contributed by atoms with Gasteiger partial charge in [-0.2, -0.15) is 0 Å². The molecule has 3 rings (SSSR count). The second kappa shape index (κ2) is 10.2. The van der Waals surface area contributed by atoms with Gasteiger partial charge in [-0.15, -0.1) is 0 Å². The SMILES string of the molecule is COC(=O)C1C=C(c2cnc(N)c(-c3ccc(C(=O)OC(C)(C)C)c(F)c3)c2)CN1C(=O)OC(C)(C)C. The lowest BCUT2D eigenvalue weighted by Gasteiger charge is -2.27. The van der Waals surface area contributed by atoms with Crippen molar-refractivity contribution >= 4 is 29.4 Å². The Hall–Kier alpha value is -3.95. The second-order valence-corrected chi connectivity index (χ2v) is 10.6. The summed E-state index contributed by atoms with van der Waals surface area (Å²) < 4.78 is 30.4. The number of aromatic nitrogens is 1. The highest BCUT2D eigenvalue weighted by molar-refractivity contribution is 5.92. The van der Waals surface area contributed by atoms with Gasteiger partial charge in [0.15, 0.2) is 6.04 Å². The van der Waals surface area contributed by atoms with Crippen molar-refractivity contribution in [1.29, 1.82) is 0 Å². The van der Waals surface area contributed by atoms with Crippen molar-refractivity contribution in [2.45, 2.75) is 58.8 Å². The molecule has 0 aliphatic carbocycles. The van der Waals surface area contributed by atoms with Gasteiger partial charge in [-0.3, -0.25) is 4.90 Å². The fourth-order valence-corrected chi connectivity index (χ4v) is 3.68. The zero-order valence-electron chi connectivity index (χ0n) is 22.0. The van der Waals surface area contributed by atoms with E-state index >= 15 is 0 Å². The lowest BCUT2D eigenvalue weighted by molar-refractivity contribution is -0.144. The number of carbonyl (C=O) groups is 3. The van der Waals surface area contributed by atoms with E-state index in [0.29, 0.717) is 22.3 Å². The molecule has 9 nitrogen and oxygen atoms in total. The molecule has 0 saturated heterocycles. The Bertz CT molecular complexity index is 1260. The van der Waals surface area contributed by atoms with Gasteiger partial charge >= 0.3 is 18.0 Å². The van der Waals surface area contributed by atoms with Crippen LogP contribution in [0.1, 0.15) is 57.5 Å². The third-order valence-corrected chi connectivity index (χ3v) is 5.29. The van der Waals surface area contributed by atoms with E-state index in [1.807, 2.05) is 0 Å². The normalized spacial score (nSPS) is 15.7. The number of hydrogen-bond donors (Lipinski definition) is 1. The number of methoxy groups -OCH3 is 1. The number of halogens is 1. The van der Waals surface area contributed by atoms with Crippen LogP contribution in [-0.2, 0) is 19.0 Å². The minimum atomic E-state index is -0.985. The van der Waals surface area contributed by atoms with E-state index < -0.39 is 41.1 Å². The first-order chi connectivity index (χ1) is 17.1. The number of ether oxygens (including phenoxy) is 3. The van der Waals surface area contributed by atoms with Gasteiger partial charge in [0.05, 0.1) is 19.2 Å². The Labute approximate surface area is 215 Å². The minimum absolute atomic E-state index is 0.0612. The van der Waals surface area contributed by atoms with Crippen LogP contribution in [0.4, 0.5) is 15.0 Å². The summed E-state index contributed by atoms with van der Waals surface area (Å²) in [5.74, 6) is -2.02. The number of nitrogen functional groups attached to an aromatic ring is 1. The predicted molar refractivity (Wildman–Crippen MR) is 136 cm³/mol. The van der Waals surface area contributed by atoms with E-state index in [1.165, 1.54) is 30.3 Å². The van der Waals surface area contributed by atoms with Gasteiger partial charge in [0.1, 0.15) is 22.8 Å². The number of pyridine rings is 1. The summed E-state index contributed by atoms with van der Waals surface area (Å²) in [6, 6.07) is 4.76. The fraction of sp³-hybridized carbons (Fsp3) is 0.407. The first kappa shape index (κ1) is 27.6. The molecule has 1 unspecified atom stereocenters. The summed E-state index contributed by atoms with van der Waals surface area (Å²) >= 11 is 0. The van der Waals surface area contributed by atoms with Crippen molar-refractivity contribution in [2.24, 2.45) is 0 Å². The number of anilines is 1. The molecule has 1 aromatic heterocycles. The average Bonchev–Trinajstić information content (AvgIpc) is 3.22. The van der Waals surface area contributed by atoms with E-state index in [4.69, 9.17) is 19.9 Å². The van der Waals surface area contributed by atoms with Crippen molar-refractivity contribution in [3.8, 4) is 11.1 Å². The number of nitrogens with zero attached hydrogens (tertiary/aromatic N) is 2. The van der Waals surface area contributed by atoms with Crippen LogP contribution in [0.2, 0.25) is 0 Å². The molecule has 1 amide bonds. The molecular formula is C27H32FN3O6. The van der Waals surface area contributed by atoms with E-state index in [9.17, 15) is 18.8 Å². The molecule has 2 heterocycles. The Morgan fingerprint density at radius 2 is 1.68 bits per heavy atom. The maximum absolute atomic E-state index is 14.9. The standard InChI is InChI=1S/C27H32FN3O6/c1-26(2,3)36-23(32)18-9-8-15(11-20(18)28)19-10-16(13-30-22(19)29)17-12-21(24(33)35-7)31(14-17)25(34)37-27(4,5)6/h8-13,21H,14H2,1-7H3,(H2,29,30). The molecule has 1 aliphatic heterocycles. The van der Waals surface area contributed by atoms with E-state index in [-0.39, 0.29) is 17.9 Å². The molecule has 1 atom stereocenters. The van der Waals surface area contributed by atoms with Gasteiger partial charge in [0.2, 0.25) is 0 Å². The van der Waals surface area contributed by atoms with Crippen LogP contribution in [0.3, 0.4) is 0 Å². The van der Waals surface area contributed by atoms with Gasteiger partial charge in [0.25, 0.3) is 0 Å². The van der Waals surface area contributed by atoms with E-state index in [2.05, 4.69) is 4.98 Å². The highest BCUT2D eigenvalue weighted by atomic mass is 19.1. The molecule has 2 aromatic rings. The molecule has 0 saturated carbocycles. The minimum Gasteiger partial charge on any atom is -0.467 e. The van der Waals surface area contributed by atoms with Gasteiger partial charge in [-0.25, -0.2) is 23.8 Å². The first-order valence-corrected chi connectivity index (χ1v) is 11.7. The Morgan fingerprint density at radius 3 is 2.24 bits per heavy atom. The van der Waals surface area contributed by atoms with Crippen LogP contribution < -0.4 is 5.73 Å². The van der Waals surface area contributed by atoms with Crippen molar-refractivity contribution in [2.75, 3.05) is 19.4 Å². The highest BCUT2D eigenvalue weighted by Gasteiger charge is 2.37. The zero-order chi connectivity index (χ0) is 27.7. The second-order valence-electron chi connectivity index (χ2n) is 10.6. The third-order valence-electron chi connectivity index (χ3n) is 5.29. The molecule has 37 heavy (non-hydrogen) atoms. The van der Waals surface area contributed by atoms with Crippen molar-refractivity contribution in [3.63, 3.8) is 0 Å². The highest BCUT2D eigenvalue weighted by Crippen LogP contribution is 2.33. The maximum atomic E-state index is 14.9. The summed E-state index contributed by atoms with van der Waals surface area (Å²) in [6.45, 7) is 10.3. The van der Waals surface area contributed by atoms with Crippen LogP contribution in [0.15, 0.2) is 36.5 Å². The molecule has 0 bridgehead atoms. The van der Waals surface area contributed by atoms with Crippen molar-refractivity contribution in [3.05, 3.63) is 53.5 Å². The molecule has 10 heteroatoms. The van der Waals surface area contributed by atoms with Crippen molar-refractivity contribution in [1.82, 2.24) is 9.88 Å². The van der Waals surface area contributed by atoms with Crippen LogP contribution in [0, 0.1) is 5.82 Å². The number of esters is 2. The molecule has 2 N–H and O–H groups in total. The molecule has 1 aliphatic rings. The molecule has 0 spiro atoms. The number of carbonyl (C=O) groups excluding carboxylic acids is 3. The zero-order valence-corrected chi connectivity index (χ0v) is 22.0. The van der Waals surface area contributed by atoms with Gasteiger partial charge in [-0.05, 0) is 82.5 Å². The number of nitrogens with two attached hydrogens (primary N) is 1. The quantitative estimate of drug-likeness (QED) is 0.465. The van der Waals surface area contributed by atoms with E-state index in [0.717, 1.165) is 0 Å². The maximum Gasteiger partial charge on any atom is 0.411 e.